The van der Waals surface area contributed by atoms with Gasteiger partial charge in [-0.15, -0.1) is 0 Å². The lowest BCUT2D eigenvalue weighted by Gasteiger charge is -2.20. The summed E-state index contributed by atoms with van der Waals surface area (Å²) in [4.78, 5) is 14.3. The lowest BCUT2D eigenvalue weighted by Crippen LogP contribution is -2.33. The summed E-state index contributed by atoms with van der Waals surface area (Å²) in [5, 5.41) is 0. The van der Waals surface area contributed by atoms with E-state index in [1.165, 1.54) is 29.3 Å². The second kappa shape index (κ2) is 5.56. The van der Waals surface area contributed by atoms with Crippen molar-refractivity contribution >= 4 is 11.6 Å². The molecule has 1 aliphatic heterocycles. The van der Waals surface area contributed by atoms with Crippen molar-refractivity contribution in [2.75, 3.05) is 18.8 Å². The molecule has 1 heterocycles. The number of anilines is 1. The van der Waals surface area contributed by atoms with Gasteiger partial charge in [0.2, 0.25) is 0 Å². The molecule has 3 rings (SSSR count). The number of amides is 1. The van der Waals surface area contributed by atoms with Crippen molar-refractivity contribution in [1.29, 1.82) is 0 Å². The van der Waals surface area contributed by atoms with Gasteiger partial charge in [-0.25, -0.2) is 4.39 Å². The van der Waals surface area contributed by atoms with Gasteiger partial charge in [-0.1, -0.05) is 24.3 Å². The normalized spacial score (nSPS) is 14.4. The number of carbonyl (C=O) groups is 1. The molecule has 0 aliphatic carbocycles. The van der Waals surface area contributed by atoms with Gasteiger partial charge in [0.15, 0.2) is 0 Å². The molecular formula is C17H17FN2O. The van der Waals surface area contributed by atoms with E-state index in [2.05, 4.69) is 12.1 Å². The van der Waals surface area contributed by atoms with Gasteiger partial charge >= 0.3 is 0 Å². The second-order valence-corrected chi connectivity index (χ2v) is 5.30. The Morgan fingerprint density at radius 1 is 1.05 bits per heavy atom. The Balaban J connectivity index is 1.79. The fourth-order valence-corrected chi connectivity index (χ4v) is 2.73. The molecule has 4 heteroatoms. The van der Waals surface area contributed by atoms with E-state index in [9.17, 15) is 9.18 Å². The van der Waals surface area contributed by atoms with Crippen molar-refractivity contribution in [1.82, 2.24) is 4.90 Å². The summed E-state index contributed by atoms with van der Waals surface area (Å²) in [6.07, 6.45) is 1.69. The third-order valence-corrected chi connectivity index (χ3v) is 3.95. The first kappa shape index (κ1) is 13.6. The van der Waals surface area contributed by atoms with Crippen LogP contribution in [0.25, 0.3) is 0 Å². The molecule has 0 saturated carbocycles. The van der Waals surface area contributed by atoms with Crippen LogP contribution in [0.15, 0.2) is 42.5 Å². The van der Waals surface area contributed by atoms with Crippen molar-refractivity contribution in [3.05, 3.63) is 65.0 Å². The maximum absolute atomic E-state index is 13.2. The minimum Gasteiger partial charge on any atom is -0.396 e. The SMILES string of the molecule is Nc1cc(C(=O)N2CCc3ccccc3CC2)ccc1F. The van der Waals surface area contributed by atoms with Gasteiger partial charge in [-0.2, -0.15) is 0 Å². The Labute approximate surface area is 123 Å². The van der Waals surface area contributed by atoms with Gasteiger partial charge in [-0.05, 0) is 42.2 Å². The topological polar surface area (TPSA) is 46.3 Å². The van der Waals surface area contributed by atoms with E-state index >= 15 is 0 Å². The number of benzene rings is 2. The standard InChI is InChI=1S/C17H17FN2O/c18-15-6-5-14(11-16(15)19)17(21)20-9-7-12-3-1-2-4-13(12)8-10-20/h1-6,11H,7-10,19H2. The minimum absolute atomic E-state index is 0.0129. The highest BCUT2D eigenvalue weighted by molar-refractivity contribution is 5.95. The highest BCUT2D eigenvalue weighted by Crippen LogP contribution is 2.19. The summed E-state index contributed by atoms with van der Waals surface area (Å²) >= 11 is 0. The number of hydrogen-bond acceptors (Lipinski definition) is 2. The minimum atomic E-state index is -0.491. The highest BCUT2D eigenvalue weighted by Gasteiger charge is 2.20. The molecule has 0 radical (unpaired) electrons. The maximum atomic E-state index is 13.2. The molecule has 0 fully saturated rings. The fourth-order valence-electron chi connectivity index (χ4n) is 2.73. The van der Waals surface area contributed by atoms with Crippen molar-refractivity contribution in [2.24, 2.45) is 0 Å². The molecule has 3 nitrogen and oxygen atoms in total. The number of carbonyl (C=O) groups excluding carboxylic acids is 1. The predicted octanol–water partition coefficient (Wildman–Crippen LogP) is 2.65. The molecule has 2 aromatic rings. The number of nitrogens with two attached hydrogens (primary N) is 1. The summed E-state index contributed by atoms with van der Waals surface area (Å²) in [5.74, 6) is -0.579. The van der Waals surface area contributed by atoms with Crippen LogP contribution in [0.1, 0.15) is 21.5 Å². The van der Waals surface area contributed by atoms with E-state index in [0.717, 1.165) is 12.8 Å². The summed E-state index contributed by atoms with van der Waals surface area (Å²) in [6, 6.07) is 12.4. The van der Waals surface area contributed by atoms with Gasteiger partial charge in [0.1, 0.15) is 5.82 Å². The molecular weight excluding hydrogens is 267 g/mol. The zero-order valence-electron chi connectivity index (χ0n) is 11.7. The number of nitrogens with zero attached hydrogens (tertiary/aromatic N) is 1. The Kier molecular flexibility index (Phi) is 3.60. The second-order valence-electron chi connectivity index (χ2n) is 5.30. The largest absolute Gasteiger partial charge is 0.396 e. The zero-order chi connectivity index (χ0) is 14.8. The number of fused-ring (bicyclic) bond motifs is 1. The molecule has 108 valence electrons. The van der Waals surface area contributed by atoms with Crippen LogP contribution in [0.2, 0.25) is 0 Å². The molecule has 0 spiro atoms. The lowest BCUT2D eigenvalue weighted by atomic mass is 10.0. The number of nitrogen functional groups attached to an aromatic ring is 1. The van der Waals surface area contributed by atoms with E-state index in [4.69, 9.17) is 5.73 Å². The number of halogens is 1. The van der Waals surface area contributed by atoms with Crippen molar-refractivity contribution in [3.8, 4) is 0 Å². The average Bonchev–Trinajstić information content (AvgIpc) is 2.72. The Morgan fingerprint density at radius 2 is 1.67 bits per heavy atom. The molecule has 1 aliphatic rings. The third-order valence-electron chi connectivity index (χ3n) is 3.95. The molecule has 0 saturated heterocycles. The van der Waals surface area contributed by atoms with Crippen LogP contribution >= 0.6 is 0 Å². The van der Waals surface area contributed by atoms with Gasteiger partial charge in [0.25, 0.3) is 5.91 Å². The quantitative estimate of drug-likeness (QED) is 0.818. The van der Waals surface area contributed by atoms with Crippen molar-refractivity contribution < 1.29 is 9.18 Å². The zero-order valence-corrected chi connectivity index (χ0v) is 11.7. The van der Waals surface area contributed by atoms with E-state index in [1.54, 1.807) is 0 Å². The molecule has 2 aromatic carbocycles. The van der Waals surface area contributed by atoms with Crippen LogP contribution in [0.4, 0.5) is 10.1 Å². The monoisotopic (exact) mass is 284 g/mol. The van der Waals surface area contributed by atoms with Gasteiger partial charge in [0.05, 0.1) is 5.69 Å². The van der Waals surface area contributed by atoms with E-state index in [-0.39, 0.29) is 11.6 Å². The highest BCUT2D eigenvalue weighted by atomic mass is 19.1. The molecule has 0 unspecified atom stereocenters. The number of rotatable bonds is 1. The van der Waals surface area contributed by atoms with Crippen LogP contribution in [0, 0.1) is 5.82 Å². The molecule has 21 heavy (non-hydrogen) atoms. The Morgan fingerprint density at radius 3 is 2.24 bits per heavy atom. The van der Waals surface area contributed by atoms with Gasteiger partial charge < -0.3 is 10.6 Å². The first-order chi connectivity index (χ1) is 10.1. The smallest absolute Gasteiger partial charge is 0.253 e. The summed E-state index contributed by atoms with van der Waals surface area (Å²) in [6.45, 7) is 1.35. The van der Waals surface area contributed by atoms with Crippen molar-refractivity contribution in [2.45, 2.75) is 12.8 Å². The van der Waals surface area contributed by atoms with E-state index in [1.807, 2.05) is 17.0 Å². The molecule has 0 bridgehead atoms. The first-order valence-electron chi connectivity index (χ1n) is 7.06. The van der Waals surface area contributed by atoms with Crippen LogP contribution in [0.5, 0.6) is 0 Å². The summed E-state index contributed by atoms with van der Waals surface area (Å²) in [7, 11) is 0. The van der Waals surface area contributed by atoms with Gasteiger partial charge in [-0.3, -0.25) is 4.79 Å². The molecule has 0 aromatic heterocycles. The van der Waals surface area contributed by atoms with Crippen LogP contribution in [0.3, 0.4) is 0 Å². The van der Waals surface area contributed by atoms with Gasteiger partial charge in [0, 0.05) is 18.7 Å². The fraction of sp³-hybridized carbons (Fsp3) is 0.235. The average molecular weight is 284 g/mol. The lowest BCUT2D eigenvalue weighted by molar-refractivity contribution is 0.0763. The summed E-state index contributed by atoms with van der Waals surface area (Å²) in [5.41, 5.74) is 8.59. The first-order valence-corrected chi connectivity index (χ1v) is 7.06. The van der Waals surface area contributed by atoms with E-state index < -0.39 is 5.82 Å². The van der Waals surface area contributed by atoms with Crippen LogP contribution < -0.4 is 5.73 Å². The Bertz CT molecular complexity index is 657. The van der Waals surface area contributed by atoms with Crippen LogP contribution in [-0.2, 0) is 12.8 Å². The third kappa shape index (κ3) is 2.75. The van der Waals surface area contributed by atoms with Crippen LogP contribution in [-0.4, -0.2) is 23.9 Å². The molecule has 1 amide bonds. The summed E-state index contributed by atoms with van der Waals surface area (Å²) < 4.78 is 13.2. The Hall–Kier alpha value is -2.36. The van der Waals surface area contributed by atoms with E-state index in [0.29, 0.717) is 18.7 Å². The molecule has 2 N–H and O–H groups in total. The predicted molar refractivity (Wildman–Crippen MR) is 80.6 cm³/mol. The van der Waals surface area contributed by atoms with Crippen molar-refractivity contribution in [3.63, 3.8) is 0 Å². The number of hydrogen-bond donors (Lipinski definition) is 1. The molecule has 0 atom stereocenters. The maximum Gasteiger partial charge on any atom is 0.253 e.